The minimum atomic E-state index is -0.267. The smallest absolute Gasteiger partial charge is 0.338 e. The summed E-state index contributed by atoms with van der Waals surface area (Å²) < 4.78 is 7.09. The third-order valence-electron chi connectivity index (χ3n) is 4.73. The number of methoxy groups -OCH3 is 1. The van der Waals surface area contributed by atoms with Crippen LogP contribution in [0.25, 0.3) is 0 Å². The third-order valence-corrected chi connectivity index (χ3v) is 4.73. The second kappa shape index (κ2) is 6.96. The summed E-state index contributed by atoms with van der Waals surface area (Å²) in [5.41, 5.74) is 1.69. The Bertz CT molecular complexity index is 654. The van der Waals surface area contributed by atoms with E-state index in [2.05, 4.69) is 21.4 Å². The normalized spacial score (nSPS) is 22.0. The predicted molar refractivity (Wildman–Crippen MR) is 88.1 cm³/mol. The number of ether oxygens (including phenoxy) is 1. The molecule has 0 radical (unpaired) electrons. The average molecular weight is 313 g/mol. The minimum Gasteiger partial charge on any atom is -0.465 e. The van der Waals surface area contributed by atoms with E-state index in [4.69, 9.17) is 4.74 Å². The Morgan fingerprint density at radius 1 is 1.39 bits per heavy atom. The summed E-state index contributed by atoms with van der Waals surface area (Å²) in [6.45, 7) is 5.07. The molecule has 1 aromatic carbocycles. The topological polar surface area (TPSA) is 47.4 Å². The van der Waals surface area contributed by atoms with Crippen LogP contribution in [-0.4, -0.2) is 40.6 Å². The standard InChI is InChI=1S/C18H23N3O2/c1-14-7-9-20(12-17(14)21-10-8-19-13-21)11-15-5-3-4-6-16(15)18(22)23-2/h3-6,8,10,13-14,17H,7,9,11-12H2,1-2H3/t14-,17+/m1/s1. The van der Waals surface area contributed by atoms with Crippen molar-refractivity contribution in [2.24, 2.45) is 5.92 Å². The molecule has 0 amide bonds. The van der Waals surface area contributed by atoms with Crippen LogP contribution in [0.15, 0.2) is 43.0 Å². The molecule has 0 aliphatic carbocycles. The van der Waals surface area contributed by atoms with Gasteiger partial charge in [0, 0.05) is 31.5 Å². The van der Waals surface area contributed by atoms with Gasteiger partial charge in [0.15, 0.2) is 0 Å². The predicted octanol–water partition coefficient (Wildman–Crippen LogP) is 2.75. The maximum absolute atomic E-state index is 11.9. The van der Waals surface area contributed by atoms with Crippen molar-refractivity contribution < 1.29 is 9.53 Å². The zero-order valence-electron chi connectivity index (χ0n) is 13.7. The molecular weight excluding hydrogens is 290 g/mol. The van der Waals surface area contributed by atoms with E-state index >= 15 is 0 Å². The van der Waals surface area contributed by atoms with E-state index in [0.717, 1.165) is 31.6 Å². The first-order valence-corrected chi connectivity index (χ1v) is 8.05. The molecule has 2 aromatic rings. The molecule has 0 bridgehead atoms. The van der Waals surface area contributed by atoms with Crippen molar-refractivity contribution in [1.82, 2.24) is 14.5 Å². The molecule has 5 nitrogen and oxygen atoms in total. The number of imidazole rings is 1. The second-order valence-corrected chi connectivity index (χ2v) is 6.23. The van der Waals surface area contributed by atoms with Crippen LogP contribution in [0.3, 0.4) is 0 Å². The zero-order valence-corrected chi connectivity index (χ0v) is 13.7. The molecule has 0 N–H and O–H groups in total. The molecule has 1 aliphatic rings. The number of hydrogen-bond acceptors (Lipinski definition) is 4. The molecule has 5 heteroatoms. The Labute approximate surface area is 136 Å². The number of esters is 1. The molecular formula is C18H23N3O2. The van der Waals surface area contributed by atoms with Crippen LogP contribution in [0.1, 0.15) is 35.3 Å². The van der Waals surface area contributed by atoms with E-state index in [0.29, 0.717) is 17.5 Å². The lowest BCUT2D eigenvalue weighted by Gasteiger charge is -2.37. The molecule has 2 atom stereocenters. The Hall–Kier alpha value is -2.14. The van der Waals surface area contributed by atoms with Crippen LogP contribution < -0.4 is 0 Å². The Kier molecular flexibility index (Phi) is 4.76. The highest BCUT2D eigenvalue weighted by molar-refractivity contribution is 5.90. The fourth-order valence-electron chi connectivity index (χ4n) is 3.32. The highest BCUT2D eigenvalue weighted by atomic mass is 16.5. The van der Waals surface area contributed by atoms with Crippen LogP contribution >= 0.6 is 0 Å². The number of likely N-dealkylation sites (tertiary alicyclic amines) is 1. The largest absolute Gasteiger partial charge is 0.465 e. The average Bonchev–Trinajstić information content (AvgIpc) is 3.11. The van der Waals surface area contributed by atoms with Crippen molar-refractivity contribution >= 4 is 5.97 Å². The minimum absolute atomic E-state index is 0.267. The summed E-state index contributed by atoms with van der Waals surface area (Å²) in [6, 6.07) is 8.12. The Morgan fingerprint density at radius 3 is 2.96 bits per heavy atom. The van der Waals surface area contributed by atoms with Gasteiger partial charge in [-0.15, -0.1) is 0 Å². The van der Waals surface area contributed by atoms with Gasteiger partial charge < -0.3 is 9.30 Å². The van der Waals surface area contributed by atoms with E-state index < -0.39 is 0 Å². The molecule has 23 heavy (non-hydrogen) atoms. The number of carbonyl (C=O) groups is 1. The SMILES string of the molecule is COC(=O)c1ccccc1CN1CC[C@@H](C)[C@@H](n2ccnc2)C1. The lowest BCUT2D eigenvalue weighted by Crippen LogP contribution is -2.40. The summed E-state index contributed by atoms with van der Waals surface area (Å²) in [4.78, 5) is 18.5. The maximum atomic E-state index is 11.9. The Morgan fingerprint density at radius 2 is 2.22 bits per heavy atom. The lowest BCUT2D eigenvalue weighted by molar-refractivity contribution is 0.0596. The van der Waals surface area contributed by atoms with Crippen LogP contribution in [0.5, 0.6) is 0 Å². The molecule has 1 aromatic heterocycles. The van der Waals surface area contributed by atoms with Crippen LogP contribution in [0.4, 0.5) is 0 Å². The van der Waals surface area contributed by atoms with Crippen molar-refractivity contribution in [3.63, 3.8) is 0 Å². The van der Waals surface area contributed by atoms with E-state index in [1.165, 1.54) is 7.11 Å². The van der Waals surface area contributed by atoms with E-state index in [9.17, 15) is 4.79 Å². The second-order valence-electron chi connectivity index (χ2n) is 6.23. The maximum Gasteiger partial charge on any atom is 0.338 e. The molecule has 122 valence electrons. The van der Waals surface area contributed by atoms with Gasteiger partial charge in [0.05, 0.1) is 19.0 Å². The molecule has 1 aliphatic heterocycles. The quantitative estimate of drug-likeness (QED) is 0.814. The number of nitrogens with zero attached hydrogens (tertiary/aromatic N) is 3. The fraction of sp³-hybridized carbons (Fsp3) is 0.444. The fourth-order valence-corrected chi connectivity index (χ4v) is 3.32. The van der Waals surface area contributed by atoms with Crippen LogP contribution in [-0.2, 0) is 11.3 Å². The highest BCUT2D eigenvalue weighted by Crippen LogP contribution is 2.28. The van der Waals surface area contributed by atoms with E-state index in [1.54, 1.807) is 0 Å². The first-order chi connectivity index (χ1) is 11.2. The van der Waals surface area contributed by atoms with Gasteiger partial charge in [-0.25, -0.2) is 9.78 Å². The van der Waals surface area contributed by atoms with Gasteiger partial charge >= 0.3 is 5.97 Å². The molecule has 0 saturated carbocycles. The molecule has 0 unspecified atom stereocenters. The summed E-state index contributed by atoms with van der Waals surface area (Å²) in [6.07, 6.45) is 6.90. The molecule has 1 saturated heterocycles. The summed E-state index contributed by atoms with van der Waals surface area (Å²) >= 11 is 0. The summed E-state index contributed by atoms with van der Waals surface area (Å²) in [7, 11) is 1.43. The van der Waals surface area contributed by atoms with Crippen molar-refractivity contribution in [2.45, 2.75) is 25.9 Å². The first-order valence-electron chi connectivity index (χ1n) is 8.05. The number of carbonyl (C=O) groups excluding carboxylic acids is 1. The van der Waals surface area contributed by atoms with Crippen molar-refractivity contribution in [3.8, 4) is 0 Å². The monoisotopic (exact) mass is 313 g/mol. The van der Waals surface area contributed by atoms with Gasteiger partial charge in [-0.3, -0.25) is 4.90 Å². The third kappa shape index (κ3) is 3.45. The van der Waals surface area contributed by atoms with Crippen LogP contribution in [0, 0.1) is 5.92 Å². The first kappa shape index (κ1) is 15.7. The number of benzene rings is 1. The van der Waals surface area contributed by atoms with Crippen LogP contribution in [0.2, 0.25) is 0 Å². The van der Waals surface area contributed by atoms with Gasteiger partial charge in [-0.2, -0.15) is 0 Å². The van der Waals surface area contributed by atoms with E-state index in [-0.39, 0.29) is 5.97 Å². The highest BCUT2D eigenvalue weighted by Gasteiger charge is 2.27. The molecule has 1 fully saturated rings. The number of piperidine rings is 1. The van der Waals surface area contributed by atoms with Crippen molar-refractivity contribution in [1.29, 1.82) is 0 Å². The Balaban J connectivity index is 1.75. The molecule has 2 heterocycles. The molecule has 0 spiro atoms. The summed E-state index contributed by atoms with van der Waals surface area (Å²) in [5, 5.41) is 0. The van der Waals surface area contributed by atoms with Gasteiger partial charge in [0.1, 0.15) is 0 Å². The van der Waals surface area contributed by atoms with Gasteiger partial charge in [0.2, 0.25) is 0 Å². The molecule has 3 rings (SSSR count). The van der Waals surface area contributed by atoms with Crippen molar-refractivity contribution in [2.75, 3.05) is 20.2 Å². The van der Waals surface area contributed by atoms with Gasteiger partial charge in [-0.1, -0.05) is 25.1 Å². The van der Waals surface area contributed by atoms with Gasteiger partial charge in [-0.05, 0) is 30.5 Å². The number of hydrogen-bond donors (Lipinski definition) is 0. The number of rotatable bonds is 4. The lowest BCUT2D eigenvalue weighted by atomic mass is 9.92. The van der Waals surface area contributed by atoms with E-state index in [1.807, 2.05) is 43.0 Å². The summed E-state index contributed by atoms with van der Waals surface area (Å²) in [5.74, 6) is 0.355. The van der Waals surface area contributed by atoms with Crippen molar-refractivity contribution in [3.05, 3.63) is 54.1 Å². The number of aromatic nitrogens is 2. The van der Waals surface area contributed by atoms with Gasteiger partial charge in [0.25, 0.3) is 0 Å². The zero-order chi connectivity index (χ0) is 16.2.